The zero-order chi connectivity index (χ0) is 6.57. The molecule has 2 nitrogen and oxygen atoms in total. The summed E-state index contributed by atoms with van der Waals surface area (Å²) in [6.45, 7) is 3.10. The van der Waals surface area contributed by atoms with E-state index in [9.17, 15) is 4.39 Å². The second-order valence-corrected chi connectivity index (χ2v) is 1.43. The van der Waals surface area contributed by atoms with Crippen molar-refractivity contribution in [3.05, 3.63) is 12.7 Å². The molecule has 0 radical (unpaired) electrons. The third kappa shape index (κ3) is 3.55. The Hall–Kier alpha value is -0.640. The first-order chi connectivity index (χ1) is 3.66. The predicted octanol–water partition coefficient (Wildman–Crippen LogP) is 0.728. The van der Waals surface area contributed by atoms with Crippen molar-refractivity contribution < 1.29 is 9.13 Å². The third-order valence-electron chi connectivity index (χ3n) is 0.414. The van der Waals surface area contributed by atoms with E-state index in [1.54, 1.807) is 0 Å². The zero-order valence-corrected chi connectivity index (χ0v) is 4.95. The maximum Gasteiger partial charge on any atom is 0.259 e. The Balaban J connectivity index is 3.38. The minimum atomic E-state index is -1.58. The van der Waals surface area contributed by atoms with E-state index in [2.05, 4.69) is 23.5 Å². The van der Waals surface area contributed by atoms with E-state index in [0.717, 1.165) is 6.08 Å². The van der Waals surface area contributed by atoms with Crippen LogP contribution in [0.5, 0.6) is 0 Å². The van der Waals surface area contributed by atoms with Gasteiger partial charge in [0.2, 0.25) is 0 Å². The van der Waals surface area contributed by atoms with Crippen LogP contribution in [0, 0.1) is 0 Å². The van der Waals surface area contributed by atoms with Crippen molar-refractivity contribution >= 4 is 17.4 Å². The van der Waals surface area contributed by atoms with Crippen LogP contribution in [0.25, 0.3) is 0 Å². The van der Waals surface area contributed by atoms with Gasteiger partial charge in [0.25, 0.3) is 11.5 Å². The van der Waals surface area contributed by atoms with Crippen molar-refractivity contribution in [1.29, 1.82) is 0 Å². The van der Waals surface area contributed by atoms with Crippen LogP contribution in [0.15, 0.2) is 12.7 Å². The Morgan fingerprint density at radius 2 is 2.50 bits per heavy atom. The third-order valence-corrected chi connectivity index (χ3v) is 0.510. The molecule has 0 heterocycles. The van der Waals surface area contributed by atoms with Crippen molar-refractivity contribution in [2.24, 2.45) is 5.73 Å². The Morgan fingerprint density at radius 1 is 2.00 bits per heavy atom. The van der Waals surface area contributed by atoms with Crippen LogP contribution in [0.4, 0.5) is 4.39 Å². The standard InChI is InChI=1S/C4H6FNOS/c1-2-3(5)7-4(6)8/h2-3H,1H2,(H2,6,8). The molecule has 0 bridgehead atoms. The van der Waals surface area contributed by atoms with Gasteiger partial charge in [-0.2, -0.15) is 4.39 Å². The van der Waals surface area contributed by atoms with Gasteiger partial charge in [-0.15, -0.1) is 0 Å². The van der Waals surface area contributed by atoms with Gasteiger partial charge < -0.3 is 10.5 Å². The lowest BCUT2D eigenvalue weighted by Crippen LogP contribution is -2.17. The Kier molecular flexibility index (Phi) is 3.10. The topological polar surface area (TPSA) is 35.2 Å². The number of thiocarbonyl (C=S) groups is 1. The summed E-state index contributed by atoms with van der Waals surface area (Å²) < 4.78 is 16.0. The lowest BCUT2D eigenvalue weighted by atomic mass is 10.7. The minimum Gasteiger partial charge on any atom is -0.433 e. The Bertz CT molecular complexity index is 106. The maximum absolute atomic E-state index is 11.9. The monoisotopic (exact) mass is 135 g/mol. The Morgan fingerprint density at radius 3 is 2.62 bits per heavy atom. The molecule has 1 unspecified atom stereocenters. The summed E-state index contributed by atoms with van der Waals surface area (Å²) in [5.74, 6) is 0. The lowest BCUT2D eigenvalue weighted by Gasteiger charge is -2.01. The first-order valence-corrected chi connectivity index (χ1v) is 2.30. The van der Waals surface area contributed by atoms with E-state index in [0.29, 0.717) is 0 Å². The van der Waals surface area contributed by atoms with Crippen molar-refractivity contribution in [2.45, 2.75) is 6.36 Å². The van der Waals surface area contributed by atoms with E-state index in [1.807, 2.05) is 0 Å². The molecule has 8 heavy (non-hydrogen) atoms. The molecular formula is C4H6FNOS. The second-order valence-electron chi connectivity index (χ2n) is 1.02. The Labute approximate surface area is 52.1 Å². The molecule has 0 spiro atoms. The van der Waals surface area contributed by atoms with E-state index < -0.39 is 6.36 Å². The molecule has 0 fully saturated rings. The largest absolute Gasteiger partial charge is 0.433 e. The molecule has 0 rings (SSSR count). The SMILES string of the molecule is C=CC(F)OC(N)=S. The van der Waals surface area contributed by atoms with E-state index >= 15 is 0 Å². The summed E-state index contributed by atoms with van der Waals surface area (Å²) in [5.41, 5.74) is 4.79. The fraction of sp³-hybridized carbons (Fsp3) is 0.250. The highest BCUT2D eigenvalue weighted by Gasteiger charge is 1.98. The van der Waals surface area contributed by atoms with Crippen molar-refractivity contribution in [1.82, 2.24) is 0 Å². The highest BCUT2D eigenvalue weighted by atomic mass is 32.1. The van der Waals surface area contributed by atoms with Crippen LogP contribution in [0.3, 0.4) is 0 Å². The molecule has 0 aromatic rings. The van der Waals surface area contributed by atoms with Crippen LogP contribution >= 0.6 is 12.2 Å². The molecular weight excluding hydrogens is 129 g/mol. The van der Waals surface area contributed by atoms with Crippen molar-refractivity contribution in [2.75, 3.05) is 0 Å². The second kappa shape index (κ2) is 3.37. The first kappa shape index (κ1) is 7.36. The van der Waals surface area contributed by atoms with Gasteiger partial charge in [0.15, 0.2) is 0 Å². The van der Waals surface area contributed by atoms with E-state index in [1.165, 1.54) is 0 Å². The number of hydrogen-bond donors (Lipinski definition) is 1. The molecule has 0 aliphatic heterocycles. The van der Waals surface area contributed by atoms with Gasteiger partial charge in [-0.1, -0.05) is 6.58 Å². The molecule has 0 aliphatic carbocycles. The van der Waals surface area contributed by atoms with Crippen LogP contribution in [-0.2, 0) is 4.74 Å². The summed E-state index contributed by atoms with van der Waals surface area (Å²) in [6, 6.07) is 0. The molecule has 46 valence electrons. The average molecular weight is 135 g/mol. The van der Waals surface area contributed by atoms with Gasteiger partial charge in [0, 0.05) is 0 Å². The molecule has 1 atom stereocenters. The highest BCUT2D eigenvalue weighted by Crippen LogP contribution is 1.92. The number of hydrogen-bond acceptors (Lipinski definition) is 2. The molecule has 0 saturated carbocycles. The number of halogens is 1. The summed E-state index contributed by atoms with van der Waals surface area (Å²) in [7, 11) is 0. The van der Waals surface area contributed by atoms with Gasteiger partial charge in [-0.25, -0.2) is 0 Å². The molecule has 0 aromatic heterocycles. The highest BCUT2D eigenvalue weighted by molar-refractivity contribution is 7.80. The number of alkyl halides is 1. The van der Waals surface area contributed by atoms with Crippen LogP contribution in [0.1, 0.15) is 0 Å². The molecule has 0 aliphatic rings. The van der Waals surface area contributed by atoms with Gasteiger partial charge in [-0.05, 0) is 18.3 Å². The summed E-state index contributed by atoms with van der Waals surface area (Å²) >= 11 is 4.21. The smallest absolute Gasteiger partial charge is 0.259 e. The number of rotatable bonds is 2. The quantitative estimate of drug-likeness (QED) is 0.447. The fourth-order valence-electron chi connectivity index (χ4n) is 0.159. The van der Waals surface area contributed by atoms with E-state index in [-0.39, 0.29) is 5.17 Å². The van der Waals surface area contributed by atoms with Gasteiger partial charge >= 0.3 is 0 Å². The first-order valence-electron chi connectivity index (χ1n) is 1.89. The summed E-state index contributed by atoms with van der Waals surface area (Å²) in [5, 5.41) is -0.308. The predicted molar refractivity (Wildman–Crippen MR) is 33.0 cm³/mol. The van der Waals surface area contributed by atoms with Crippen LogP contribution in [-0.4, -0.2) is 11.5 Å². The van der Waals surface area contributed by atoms with Crippen molar-refractivity contribution in [3.63, 3.8) is 0 Å². The van der Waals surface area contributed by atoms with Crippen molar-refractivity contribution in [3.8, 4) is 0 Å². The van der Waals surface area contributed by atoms with Gasteiger partial charge in [0.05, 0.1) is 0 Å². The number of ether oxygens (including phenoxy) is 1. The maximum atomic E-state index is 11.9. The van der Waals surface area contributed by atoms with E-state index in [4.69, 9.17) is 5.73 Å². The van der Waals surface area contributed by atoms with Crippen LogP contribution in [0.2, 0.25) is 0 Å². The minimum absolute atomic E-state index is 0.308. The normalized spacial score (nSPS) is 12.1. The average Bonchev–Trinajstić information content (AvgIpc) is 1.65. The molecule has 0 amide bonds. The molecule has 4 heteroatoms. The summed E-state index contributed by atoms with van der Waals surface area (Å²) in [6.07, 6.45) is -0.619. The number of nitrogens with two attached hydrogens (primary N) is 1. The van der Waals surface area contributed by atoms with Crippen LogP contribution < -0.4 is 5.73 Å². The molecule has 2 N–H and O–H groups in total. The zero-order valence-electron chi connectivity index (χ0n) is 4.13. The van der Waals surface area contributed by atoms with Gasteiger partial charge in [-0.3, -0.25) is 0 Å². The lowest BCUT2D eigenvalue weighted by molar-refractivity contribution is 0.104. The summed E-state index contributed by atoms with van der Waals surface area (Å²) in [4.78, 5) is 0. The molecule has 0 saturated heterocycles. The molecule has 0 aromatic carbocycles. The van der Waals surface area contributed by atoms with Gasteiger partial charge in [0.1, 0.15) is 0 Å². The fourth-order valence-corrected chi connectivity index (χ4v) is 0.251.